The molecular weight excluding hydrogens is 422 g/mol. The van der Waals surface area contributed by atoms with Crippen LogP contribution in [0.4, 0.5) is 0 Å². The molecule has 34 heavy (non-hydrogen) atoms. The van der Waals surface area contributed by atoms with Gasteiger partial charge >= 0.3 is 0 Å². The second-order valence-corrected chi connectivity index (χ2v) is 11.4. The van der Waals surface area contributed by atoms with E-state index in [1.807, 2.05) is 48.5 Å². The van der Waals surface area contributed by atoms with E-state index >= 15 is 0 Å². The lowest BCUT2D eigenvalue weighted by atomic mass is 9.79. The molecule has 2 amide bonds. The third-order valence-corrected chi connectivity index (χ3v) is 7.09. The number of carbonyl (C=O) groups excluding carboxylic acids is 2. The lowest BCUT2D eigenvalue weighted by Crippen LogP contribution is -2.62. The fourth-order valence-electron chi connectivity index (χ4n) is 5.84. The molecule has 1 heterocycles. The van der Waals surface area contributed by atoms with Crippen molar-refractivity contribution in [2.75, 3.05) is 0 Å². The molecular formula is C29H39N3O2. The highest BCUT2D eigenvalue weighted by atomic mass is 16.2. The Balaban J connectivity index is 1.36. The van der Waals surface area contributed by atoms with Crippen LogP contribution >= 0.6 is 0 Å². The van der Waals surface area contributed by atoms with Crippen molar-refractivity contribution in [3.05, 3.63) is 59.7 Å². The number of hydrogen-bond acceptors (Lipinski definition) is 3. The van der Waals surface area contributed by atoms with E-state index in [4.69, 9.17) is 0 Å². The van der Waals surface area contributed by atoms with E-state index in [1.54, 1.807) is 0 Å². The monoisotopic (exact) mass is 461 g/mol. The van der Waals surface area contributed by atoms with Crippen LogP contribution in [0.15, 0.2) is 48.5 Å². The quantitative estimate of drug-likeness (QED) is 0.554. The van der Waals surface area contributed by atoms with Crippen molar-refractivity contribution in [1.82, 2.24) is 16.0 Å². The van der Waals surface area contributed by atoms with E-state index in [0.29, 0.717) is 17.2 Å². The maximum absolute atomic E-state index is 12.9. The van der Waals surface area contributed by atoms with E-state index in [9.17, 15) is 9.59 Å². The Bertz CT molecular complexity index is 987. The van der Waals surface area contributed by atoms with Crippen LogP contribution in [0.3, 0.4) is 0 Å². The number of nitrogens with one attached hydrogen (secondary N) is 3. The Hall–Kier alpha value is -2.66. The fraction of sp³-hybridized carbons (Fsp3) is 0.517. The molecule has 2 aromatic carbocycles. The molecule has 1 aliphatic carbocycles. The average Bonchev–Trinajstić information content (AvgIpc) is 2.78. The number of piperidine rings is 1. The van der Waals surface area contributed by atoms with Gasteiger partial charge in [-0.15, -0.1) is 0 Å². The molecule has 5 heteroatoms. The lowest BCUT2D eigenvalue weighted by Gasteiger charge is -2.46. The number of amides is 2. The molecule has 2 aromatic rings. The van der Waals surface area contributed by atoms with Crippen molar-refractivity contribution in [2.45, 2.75) is 95.8 Å². The van der Waals surface area contributed by atoms with Gasteiger partial charge < -0.3 is 16.0 Å². The highest BCUT2D eigenvalue weighted by molar-refractivity contribution is 5.96. The summed E-state index contributed by atoms with van der Waals surface area (Å²) in [5.74, 6) is -0.0190. The highest BCUT2D eigenvalue weighted by Gasteiger charge is 2.38. The van der Waals surface area contributed by atoms with Crippen LogP contribution in [0.25, 0.3) is 11.1 Å². The van der Waals surface area contributed by atoms with Gasteiger partial charge in [0.2, 0.25) is 0 Å². The predicted octanol–water partition coefficient (Wildman–Crippen LogP) is 5.46. The Kier molecular flexibility index (Phi) is 7.13. The number of carbonyl (C=O) groups is 2. The number of rotatable bonds is 5. The second kappa shape index (κ2) is 9.91. The van der Waals surface area contributed by atoms with Crippen LogP contribution in [-0.2, 0) is 0 Å². The molecule has 4 rings (SSSR count). The van der Waals surface area contributed by atoms with Gasteiger partial charge in [0, 0.05) is 34.3 Å². The summed E-state index contributed by atoms with van der Waals surface area (Å²) in [6.07, 6.45) is 7.64. The zero-order chi connectivity index (χ0) is 24.3. The minimum atomic E-state index is -0.0280. The standard InChI is InChI=1S/C29H39N3O2/c1-28(2)18-25(19-29(3,4)32-28)31-27(34)23-16-12-21(13-17-23)20-10-14-22(15-11-20)26(33)30-24-8-6-5-7-9-24/h10-17,24-25,32H,5-9,18-19H2,1-4H3,(H,30,33)(H,31,34). The summed E-state index contributed by atoms with van der Waals surface area (Å²) in [5, 5.41) is 10.1. The van der Waals surface area contributed by atoms with E-state index < -0.39 is 0 Å². The molecule has 0 atom stereocenters. The third kappa shape index (κ3) is 6.26. The minimum absolute atomic E-state index is 0.00902. The molecule has 0 spiro atoms. The first kappa shape index (κ1) is 24.5. The minimum Gasteiger partial charge on any atom is -0.349 e. The van der Waals surface area contributed by atoms with E-state index in [2.05, 4.69) is 43.6 Å². The topological polar surface area (TPSA) is 70.2 Å². The normalized spacial score (nSPS) is 20.5. The summed E-state index contributed by atoms with van der Waals surface area (Å²) in [6.45, 7) is 8.75. The van der Waals surface area contributed by atoms with Crippen molar-refractivity contribution in [1.29, 1.82) is 0 Å². The molecule has 3 N–H and O–H groups in total. The van der Waals surface area contributed by atoms with Gasteiger partial charge in [0.25, 0.3) is 11.8 Å². The Morgan fingerprint density at radius 1 is 0.676 bits per heavy atom. The molecule has 0 aromatic heterocycles. The third-order valence-electron chi connectivity index (χ3n) is 7.09. The predicted molar refractivity (Wildman–Crippen MR) is 138 cm³/mol. The molecule has 182 valence electrons. The average molecular weight is 462 g/mol. The fourth-order valence-corrected chi connectivity index (χ4v) is 5.84. The van der Waals surface area contributed by atoms with Gasteiger partial charge in [-0.3, -0.25) is 9.59 Å². The molecule has 0 unspecified atom stereocenters. The Morgan fingerprint density at radius 2 is 1.09 bits per heavy atom. The van der Waals surface area contributed by atoms with Crippen molar-refractivity contribution in [2.24, 2.45) is 0 Å². The van der Waals surface area contributed by atoms with E-state index in [1.165, 1.54) is 19.3 Å². The Labute approximate surface area is 204 Å². The highest BCUT2D eigenvalue weighted by Crippen LogP contribution is 2.29. The molecule has 1 saturated heterocycles. The molecule has 2 aliphatic rings. The van der Waals surface area contributed by atoms with Gasteiger partial charge in [-0.25, -0.2) is 0 Å². The maximum Gasteiger partial charge on any atom is 0.251 e. The van der Waals surface area contributed by atoms with Gasteiger partial charge in [0.1, 0.15) is 0 Å². The van der Waals surface area contributed by atoms with Crippen LogP contribution in [0.1, 0.15) is 93.4 Å². The van der Waals surface area contributed by atoms with Crippen molar-refractivity contribution >= 4 is 11.8 Å². The van der Waals surface area contributed by atoms with Gasteiger partial charge in [-0.1, -0.05) is 43.5 Å². The molecule has 0 radical (unpaired) electrons. The SMILES string of the molecule is CC1(C)CC(NC(=O)c2ccc(-c3ccc(C(=O)NC4CCCCC4)cc3)cc2)CC(C)(C)N1. The van der Waals surface area contributed by atoms with Crippen LogP contribution in [0, 0.1) is 0 Å². The molecule has 2 fully saturated rings. The molecule has 1 saturated carbocycles. The zero-order valence-electron chi connectivity index (χ0n) is 21.0. The summed E-state index contributed by atoms with van der Waals surface area (Å²) >= 11 is 0. The van der Waals surface area contributed by atoms with Gasteiger partial charge in [-0.2, -0.15) is 0 Å². The van der Waals surface area contributed by atoms with Crippen LogP contribution < -0.4 is 16.0 Å². The van der Waals surface area contributed by atoms with E-state index in [-0.39, 0.29) is 28.9 Å². The molecule has 5 nitrogen and oxygen atoms in total. The van der Waals surface area contributed by atoms with Crippen molar-refractivity contribution in [3.63, 3.8) is 0 Å². The first-order valence-electron chi connectivity index (χ1n) is 12.7. The smallest absolute Gasteiger partial charge is 0.251 e. The van der Waals surface area contributed by atoms with Gasteiger partial charge in [0.15, 0.2) is 0 Å². The number of hydrogen-bond donors (Lipinski definition) is 3. The first-order chi connectivity index (χ1) is 16.1. The van der Waals surface area contributed by atoms with Crippen LogP contribution in [0.5, 0.6) is 0 Å². The summed E-state index contributed by atoms with van der Waals surface area (Å²) in [6, 6.07) is 15.9. The largest absolute Gasteiger partial charge is 0.349 e. The zero-order valence-corrected chi connectivity index (χ0v) is 21.0. The lowest BCUT2D eigenvalue weighted by molar-refractivity contribution is 0.0871. The van der Waals surface area contributed by atoms with Crippen molar-refractivity contribution in [3.8, 4) is 11.1 Å². The first-order valence-corrected chi connectivity index (χ1v) is 12.7. The van der Waals surface area contributed by atoms with Gasteiger partial charge in [-0.05, 0) is 88.8 Å². The molecule has 1 aliphatic heterocycles. The van der Waals surface area contributed by atoms with Crippen molar-refractivity contribution < 1.29 is 9.59 Å². The van der Waals surface area contributed by atoms with Gasteiger partial charge in [0.05, 0.1) is 0 Å². The van der Waals surface area contributed by atoms with Crippen LogP contribution in [0.2, 0.25) is 0 Å². The summed E-state index contributed by atoms with van der Waals surface area (Å²) < 4.78 is 0. The maximum atomic E-state index is 12.9. The second-order valence-electron chi connectivity index (χ2n) is 11.4. The van der Waals surface area contributed by atoms with E-state index in [0.717, 1.165) is 36.8 Å². The van der Waals surface area contributed by atoms with Crippen LogP contribution in [-0.4, -0.2) is 35.0 Å². The summed E-state index contributed by atoms with van der Waals surface area (Å²) in [7, 11) is 0. The Morgan fingerprint density at radius 3 is 1.53 bits per heavy atom. The number of benzene rings is 2. The molecule has 0 bridgehead atoms. The summed E-state index contributed by atoms with van der Waals surface area (Å²) in [4.78, 5) is 25.5. The summed E-state index contributed by atoms with van der Waals surface area (Å²) in [5.41, 5.74) is 3.40.